The molecule has 0 bridgehead atoms. The summed E-state index contributed by atoms with van der Waals surface area (Å²) in [5.41, 5.74) is 5.91. The molecule has 1 N–H and O–H groups in total. The molecule has 0 amide bonds. The number of benzene rings is 5. The number of rotatable bonds is 16. The van der Waals surface area contributed by atoms with Gasteiger partial charge in [-0.05, 0) is 53.3 Å². The molecule has 5 unspecified atom stereocenters. The summed E-state index contributed by atoms with van der Waals surface area (Å²) in [5.74, 6) is -0.262. The number of Topliss-reactive ketones (excluding diaryl/α,β-unsaturated/α-hetero) is 1. The number of hydrogen-bond acceptors (Lipinski definition) is 7. The van der Waals surface area contributed by atoms with Crippen molar-refractivity contribution in [3.63, 3.8) is 0 Å². The molecule has 0 aliphatic carbocycles. The lowest BCUT2D eigenvalue weighted by Crippen LogP contribution is -2.61. The molecule has 51 heavy (non-hydrogen) atoms. The highest BCUT2D eigenvalue weighted by molar-refractivity contribution is 5.98. The number of ketones is 1. The van der Waals surface area contributed by atoms with Gasteiger partial charge in [-0.3, -0.25) is 4.79 Å². The lowest BCUT2D eigenvalue weighted by atomic mass is 9.88. The van der Waals surface area contributed by atoms with Gasteiger partial charge in [0.05, 0.1) is 44.7 Å². The van der Waals surface area contributed by atoms with Crippen molar-refractivity contribution in [3.05, 3.63) is 172 Å². The first kappa shape index (κ1) is 36.2. The molecule has 1 fully saturated rings. The molecule has 5 atom stereocenters. The number of phenols is 1. The van der Waals surface area contributed by atoms with Gasteiger partial charge in [0, 0.05) is 6.42 Å². The molecule has 0 saturated carbocycles. The fourth-order valence-electron chi connectivity index (χ4n) is 6.67. The van der Waals surface area contributed by atoms with Crippen LogP contribution in [0.3, 0.4) is 0 Å². The highest BCUT2D eigenvalue weighted by Crippen LogP contribution is 2.34. The van der Waals surface area contributed by atoms with Crippen LogP contribution in [0.4, 0.5) is 0 Å². The van der Waals surface area contributed by atoms with Crippen molar-refractivity contribution in [2.75, 3.05) is 6.61 Å². The zero-order valence-corrected chi connectivity index (χ0v) is 29.2. The Morgan fingerprint density at radius 2 is 1.04 bits per heavy atom. The van der Waals surface area contributed by atoms with Crippen LogP contribution in [0.25, 0.3) is 0 Å². The molecular formula is C44H46O7. The van der Waals surface area contributed by atoms with Crippen molar-refractivity contribution in [2.24, 2.45) is 0 Å². The maximum Gasteiger partial charge on any atom is 0.163 e. The molecular weight excluding hydrogens is 640 g/mol. The molecule has 1 aliphatic rings. The largest absolute Gasteiger partial charge is 0.507 e. The smallest absolute Gasteiger partial charge is 0.163 e. The monoisotopic (exact) mass is 686 g/mol. The number of ether oxygens (including phenoxy) is 5. The second kappa shape index (κ2) is 18.0. The SMILES string of the molecule is CC(=O)c1c(O)cc(C)cc1CC1OC(COCc2ccccc2)C(OCc2ccccc2)C(OCc2ccccc2)C1OCc1ccccc1. The number of hydrogen-bond donors (Lipinski definition) is 1. The van der Waals surface area contributed by atoms with Crippen molar-refractivity contribution < 1.29 is 33.6 Å². The predicted molar refractivity (Wildman–Crippen MR) is 196 cm³/mol. The van der Waals surface area contributed by atoms with Crippen LogP contribution in [-0.2, 0) is 56.5 Å². The molecule has 7 nitrogen and oxygen atoms in total. The van der Waals surface area contributed by atoms with E-state index in [1.807, 2.05) is 134 Å². The Morgan fingerprint density at radius 3 is 1.51 bits per heavy atom. The van der Waals surface area contributed by atoms with Gasteiger partial charge in [-0.1, -0.05) is 127 Å². The number of aromatic hydroxyl groups is 1. The maximum absolute atomic E-state index is 12.9. The third-order valence-electron chi connectivity index (χ3n) is 9.10. The number of carbonyl (C=O) groups excluding carboxylic acids is 1. The van der Waals surface area contributed by atoms with E-state index in [-0.39, 0.29) is 23.7 Å². The molecule has 7 heteroatoms. The molecule has 1 saturated heterocycles. The minimum absolute atomic E-state index is 0.0428. The number of carbonyl (C=O) groups is 1. The van der Waals surface area contributed by atoms with E-state index in [2.05, 4.69) is 0 Å². The number of phenolic OH excluding ortho intramolecular Hbond substituents is 1. The summed E-state index contributed by atoms with van der Waals surface area (Å²) >= 11 is 0. The van der Waals surface area contributed by atoms with Crippen molar-refractivity contribution in [1.29, 1.82) is 0 Å². The molecule has 0 spiro atoms. The predicted octanol–water partition coefficient (Wildman–Crippen LogP) is 8.19. The van der Waals surface area contributed by atoms with Crippen molar-refractivity contribution in [1.82, 2.24) is 0 Å². The Hall–Kier alpha value is -4.63. The van der Waals surface area contributed by atoms with Gasteiger partial charge in [-0.15, -0.1) is 0 Å². The van der Waals surface area contributed by atoms with Gasteiger partial charge >= 0.3 is 0 Å². The summed E-state index contributed by atoms with van der Waals surface area (Å²) in [6, 6.07) is 43.6. The van der Waals surface area contributed by atoms with E-state index >= 15 is 0 Å². The average molecular weight is 687 g/mol. The normalized spacial score (nSPS) is 20.2. The summed E-state index contributed by atoms with van der Waals surface area (Å²) in [6.07, 6.45) is -2.58. The summed E-state index contributed by atoms with van der Waals surface area (Å²) in [5, 5.41) is 10.9. The van der Waals surface area contributed by atoms with Gasteiger partial charge in [-0.2, -0.15) is 0 Å². The fraction of sp³-hybridized carbons (Fsp3) is 0.295. The standard InChI is InChI=1S/C44H46O7/c1-31-23-37(41(32(2)45)38(46)24-31)25-39-42(48-27-34-17-9-4-10-18-34)44(50-29-36-21-13-6-14-22-36)43(49-28-35-19-11-5-12-20-35)40(51-39)30-47-26-33-15-7-3-8-16-33/h3-24,39-40,42-44,46H,25-30H2,1-2H3. The van der Waals surface area contributed by atoms with Crippen LogP contribution in [0.2, 0.25) is 0 Å². The highest BCUT2D eigenvalue weighted by Gasteiger charge is 2.48. The molecule has 0 aromatic heterocycles. The molecule has 6 rings (SSSR count). The lowest BCUT2D eigenvalue weighted by molar-refractivity contribution is -0.272. The molecule has 264 valence electrons. The summed E-state index contributed by atoms with van der Waals surface area (Å²) in [4.78, 5) is 12.9. The Bertz CT molecular complexity index is 1800. The zero-order valence-electron chi connectivity index (χ0n) is 29.2. The van der Waals surface area contributed by atoms with Crippen molar-refractivity contribution in [3.8, 4) is 5.75 Å². The molecule has 1 aliphatic heterocycles. The Morgan fingerprint density at radius 1 is 0.608 bits per heavy atom. The van der Waals surface area contributed by atoms with Gasteiger partial charge < -0.3 is 28.8 Å². The van der Waals surface area contributed by atoms with E-state index in [1.165, 1.54) is 6.92 Å². The van der Waals surface area contributed by atoms with Crippen LogP contribution < -0.4 is 0 Å². The van der Waals surface area contributed by atoms with E-state index in [0.29, 0.717) is 38.4 Å². The third kappa shape index (κ3) is 10.0. The maximum atomic E-state index is 12.9. The van der Waals surface area contributed by atoms with Crippen LogP contribution in [0, 0.1) is 6.92 Å². The summed E-state index contributed by atoms with van der Waals surface area (Å²) in [6.45, 7) is 4.99. The van der Waals surface area contributed by atoms with Crippen LogP contribution in [-0.4, -0.2) is 48.0 Å². The second-order valence-corrected chi connectivity index (χ2v) is 13.1. The molecule has 5 aromatic carbocycles. The van der Waals surface area contributed by atoms with Crippen LogP contribution >= 0.6 is 0 Å². The first-order chi connectivity index (χ1) is 24.9. The second-order valence-electron chi connectivity index (χ2n) is 13.1. The number of aryl methyl sites for hydroxylation is 1. The van der Waals surface area contributed by atoms with E-state index in [9.17, 15) is 9.90 Å². The zero-order chi connectivity index (χ0) is 35.4. The summed E-state index contributed by atoms with van der Waals surface area (Å²) < 4.78 is 33.7. The first-order valence-corrected chi connectivity index (χ1v) is 17.5. The third-order valence-corrected chi connectivity index (χ3v) is 9.10. The van der Waals surface area contributed by atoms with Crippen LogP contribution in [0.1, 0.15) is 50.7 Å². The van der Waals surface area contributed by atoms with Gasteiger partial charge in [0.1, 0.15) is 30.2 Å². The molecule has 1 heterocycles. The quantitative estimate of drug-likeness (QED) is 0.105. The van der Waals surface area contributed by atoms with Gasteiger partial charge in [0.25, 0.3) is 0 Å². The fourth-order valence-corrected chi connectivity index (χ4v) is 6.67. The van der Waals surface area contributed by atoms with E-state index in [1.54, 1.807) is 6.07 Å². The molecule has 5 aromatic rings. The average Bonchev–Trinajstić information content (AvgIpc) is 3.14. The van der Waals surface area contributed by atoms with E-state index in [0.717, 1.165) is 27.8 Å². The van der Waals surface area contributed by atoms with Crippen molar-refractivity contribution >= 4 is 5.78 Å². The highest BCUT2D eigenvalue weighted by atomic mass is 16.6. The van der Waals surface area contributed by atoms with Gasteiger partial charge in [-0.25, -0.2) is 0 Å². The summed E-state index contributed by atoms with van der Waals surface area (Å²) in [7, 11) is 0. The first-order valence-electron chi connectivity index (χ1n) is 17.5. The van der Waals surface area contributed by atoms with Gasteiger partial charge in [0.15, 0.2) is 5.78 Å². The Kier molecular flexibility index (Phi) is 12.8. The minimum Gasteiger partial charge on any atom is -0.507 e. The van der Waals surface area contributed by atoms with E-state index in [4.69, 9.17) is 23.7 Å². The molecule has 0 radical (unpaired) electrons. The minimum atomic E-state index is -0.609. The Balaban J connectivity index is 1.38. The lowest BCUT2D eigenvalue weighted by Gasteiger charge is -2.46. The van der Waals surface area contributed by atoms with Crippen molar-refractivity contribution in [2.45, 2.75) is 77.2 Å². The topological polar surface area (TPSA) is 83.5 Å². The van der Waals surface area contributed by atoms with Crippen LogP contribution in [0.15, 0.2) is 133 Å². The van der Waals surface area contributed by atoms with Crippen LogP contribution in [0.5, 0.6) is 5.75 Å². The Labute approximate surface area is 300 Å². The van der Waals surface area contributed by atoms with E-state index < -0.39 is 30.5 Å². The van der Waals surface area contributed by atoms with Gasteiger partial charge in [0.2, 0.25) is 0 Å².